The molecule has 0 unspecified atom stereocenters. The molecular weight excluding hydrogens is 501 g/mol. The van der Waals surface area contributed by atoms with Gasteiger partial charge in [-0.1, -0.05) is 23.5 Å². The van der Waals surface area contributed by atoms with Gasteiger partial charge in [-0.25, -0.2) is 4.68 Å². The van der Waals surface area contributed by atoms with Crippen LogP contribution in [0.1, 0.15) is 0 Å². The van der Waals surface area contributed by atoms with Gasteiger partial charge >= 0.3 is 29.6 Å². The van der Waals surface area contributed by atoms with E-state index in [1.807, 2.05) is 0 Å². The van der Waals surface area contributed by atoms with Crippen molar-refractivity contribution in [2.45, 2.75) is 29.4 Å². The van der Waals surface area contributed by atoms with E-state index in [1.165, 1.54) is 4.68 Å². The fraction of sp³-hybridized carbons (Fsp3) is 0.600. The number of alkyl halides is 2. The fourth-order valence-electron chi connectivity index (χ4n) is 3.11. The van der Waals surface area contributed by atoms with Crippen molar-refractivity contribution in [2.24, 2.45) is 0 Å². The number of aromatic nitrogens is 4. The van der Waals surface area contributed by atoms with Gasteiger partial charge in [0.2, 0.25) is 11.1 Å². The average Bonchev–Trinajstić information content (AvgIpc) is 3.20. The molecule has 2 aliphatic rings. The Morgan fingerprint density at radius 3 is 2.82 bits per heavy atom. The smallest absolute Gasteiger partial charge is 0.543 e. The number of hydrogen-bond acceptors (Lipinski definition) is 12. The molecule has 2 aliphatic heterocycles. The second kappa shape index (κ2) is 11.9. The molecule has 0 bridgehead atoms. The number of methoxy groups -OCH3 is 1. The van der Waals surface area contributed by atoms with Gasteiger partial charge in [-0.2, -0.15) is 8.78 Å². The van der Waals surface area contributed by atoms with Gasteiger partial charge in [0.15, 0.2) is 6.23 Å². The zero-order valence-electron chi connectivity index (χ0n) is 17.4. The number of hydrogen-bond donors (Lipinski definition) is 2. The van der Waals surface area contributed by atoms with Crippen LogP contribution in [-0.2, 0) is 30.4 Å². The Bertz CT molecular complexity index is 938. The van der Waals surface area contributed by atoms with E-state index in [-0.39, 0.29) is 72.4 Å². The first kappa shape index (κ1) is 27.9. The molecule has 0 spiro atoms. The average molecular weight is 518 g/mol. The van der Waals surface area contributed by atoms with E-state index >= 15 is 0 Å². The summed E-state index contributed by atoms with van der Waals surface area (Å²) in [6, 6.07) is 0. The van der Waals surface area contributed by atoms with Crippen LogP contribution in [-0.4, -0.2) is 97.5 Å². The van der Waals surface area contributed by atoms with Gasteiger partial charge in [-0.3, -0.25) is 14.5 Å². The van der Waals surface area contributed by atoms with E-state index in [2.05, 4.69) is 20.8 Å². The molecule has 2 atom stereocenters. The number of aliphatic carboxylic acids is 1. The maximum Gasteiger partial charge on any atom is 1.00 e. The number of rotatable bonds is 11. The number of aliphatic hydroxyl groups is 1. The van der Waals surface area contributed by atoms with Crippen LogP contribution in [0.15, 0.2) is 16.4 Å². The second-order valence-corrected chi connectivity index (χ2v) is 8.26. The van der Waals surface area contributed by atoms with Gasteiger partial charge in [0.25, 0.3) is 17.4 Å². The van der Waals surface area contributed by atoms with E-state index in [9.17, 15) is 28.3 Å². The third-order valence-corrected chi connectivity index (χ3v) is 6.20. The fourth-order valence-corrected chi connectivity index (χ4v) is 4.36. The maximum atomic E-state index is 12.8. The minimum atomic E-state index is -2.79. The number of amides is 2. The molecule has 1 aromatic heterocycles. The molecular formula is C15H17F2N6NaO7S2. The number of fused-ring (bicyclic) bond motifs is 1. The Labute approximate surface area is 215 Å². The summed E-state index contributed by atoms with van der Waals surface area (Å²) in [5.41, 5.74) is -2.32. The number of carbonyl (C=O) groups excluding carboxylic acids is 3. The van der Waals surface area contributed by atoms with E-state index < -0.39 is 46.9 Å². The molecule has 0 aromatic carbocycles. The Kier molecular flexibility index (Phi) is 10.0. The van der Waals surface area contributed by atoms with Crippen LogP contribution < -0.4 is 40.0 Å². The molecule has 0 radical (unpaired) electrons. The largest absolute Gasteiger partial charge is 1.00 e. The number of thioether (sulfide) groups is 2. The van der Waals surface area contributed by atoms with Gasteiger partial charge in [0.05, 0.1) is 37.2 Å². The number of ether oxygens (including phenoxy) is 2. The first-order chi connectivity index (χ1) is 15.2. The summed E-state index contributed by atoms with van der Waals surface area (Å²) in [5.74, 6) is -6.93. The van der Waals surface area contributed by atoms with Crippen LogP contribution in [0.3, 0.4) is 0 Å². The Morgan fingerprint density at radius 1 is 1.48 bits per heavy atom. The van der Waals surface area contributed by atoms with Crippen LogP contribution in [0.25, 0.3) is 0 Å². The number of carbonyl (C=O) groups is 3. The van der Waals surface area contributed by atoms with Crippen LogP contribution in [0.5, 0.6) is 0 Å². The predicted molar refractivity (Wildman–Crippen MR) is 101 cm³/mol. The molecule has 3 rings (SSSR count). The van der Waals surface area contributed by atoms with Gasteiger partial charge in [0.1, 0.15) is 0 Å². The number of carboxylic acid groups (broad SMARTS) is 1. The Morgan fingerprint density at radius 2 is 2.21 bits per heavy atom. The van der Waals surface area contributed by atoms with Gasteiger partial charge in [-0.05, 0) is 16.0 Å². The normalized spacial score (nSPS) is 22.0. The van der Waals surface area contributed by atoms with Crippen molar-refractivity contribution in [2.75, 3.05) is 31.8 Å². The summed E-state index contributed by atoms with van der Waals surface area (Å²) in [4.78, 5) is 37.4. The summed E-state index contributed by atoms with van der Waals surface area (Å²) in [6.07, 6.45) is -1.33. The summed E-state index contributed by atoms with van der Waals surface area (Å²) in [6.45, 7) is -0.330. The van der Waals surface area contributed by atoms with Crippen LogP contribution >= 0.6 is 23.5 Å². The first-order valence-electron chi connectivity index (χ1n) is 8.89. The molecule has 0 saturated carbocycles. The molecule has 33 heavy (non-hydrogen) atoms. The van der Waals surface area contributed by atoms with Crippen molar-refractivity contribution in [1.82, 2.24) is 30.4 Å². The number of nitrogens with one attached hydrogen (secondary N) is 1. The molecule has 18 heteroatoms. The Balaban J connectivity index is 0.00000385. The predicted octanol–water partition coefficient (Wildman–Crippen LogP) is -5.62. The summed E-state index contributed by atoms with van der Waals surface area (Å²) < 4.78 is 36.6. The number of halogens is 2. The molecule has 3 heterocycles. The molecule has 1 saturated heterocycles. The minimum Gasteiger partial charge on any atom is -0.543 e. The Hall–Kier alpha value is -1.34. The van der Waals surface area contributed by atoms with E-state index in [0.29, 0.717) is 5.16 Å². The number of aliphatic hydroxyl groups excluding tert-OH is 1. The van der Waals surface area contributed by atoms with Crippen molar-refractivity contribution < 1.29 is 72.4 Å². The third kappa shape index (κ3) is 5.67. The van der Waals surface area contributed by atoms with Crippen LogP contribution in [0.2, 0.25) is 0 Å². The second-order valence-electron chi connectivity index (χ2n) is 6.33. The molecule has 13 nitrogen and oxygen atoms in total. The summed E-state index contributed by atoms with van der Waals surface area (Å²) >= 11 is 1.10. The third-order valence-electron chi connectivity index (χ3n) is 4.48. The van der Waals surface area contributed by atoms with E-state index in [1.54, 1.807) is 0 Å². The van der Waals surface area contributed by atoms with Gasteiger partial charge < -0.3 is 29.8 Å². The van der Waals surface area contributed by atoms with Crippen LogP contribution in [0.4, 0.5) is 8.78 Å². The standard InChI is InChI=1S/C15H18F2N6O7S2.Na/c1-29-15(18-8(25)6-31-13(16)17)11(28)23-9(10(26)27)7(4-30-12(15)23)5-32-14-19-20-21-22(14)2-3-24;/h12-13,24H,2-6H2,1H3,(H,18,25)(H,26,27);/q;+1/p-1/t12-,15+;/m1./s1. The van der Waals surface area contributed by atoms with Crippen molar-refractivity contribution in [3.63, 3.8) is 0 Å². The summed E-state index contributed by atoms with van der Waals surface area (Å²) in [5, 5.41) is 34.3. The van der Waals surface area contributed by atoms with E-state index in [0.717, 1.165) is 23.8 Å². The molecule has 2 N–H and O–H groups in total. The van der Waals surface area contributed by atoms with E-state index in [4.69, 9.17) is 14.6 Å². The van der Waals surface area contributed by atoms with Crippen molar-refractivity contribution in [1.29, 1.82) is 0 Å². The number of carboxylic acids is 1. The quantitative estimate of drug-likeness (QED) is 0.123. The topological polar surface area (TPSA) is 172 Å². The summed E-state index contributed by atoms with van der Waals surface area (Å²) in [7, 11) is 1.09. The number of β-lactam (4-membered cyclic amide) rings is 1. The molecule has 0 aliphatic carbocycles. The van der Waals surface area contributed by atoms with Crippen LogP contribution in [0, 0.1) is 0 Å². The van der Waals surface area contributed by atoms with Crippen molar-refractivity contribution >= 4 is 41.3 Å². The maximum absolute atomic E-state index is 12.8. The molecule has 176 valence electrons. The minimum absolute atomic E-state index is 0. The number of tetrazole rings is 1. The molecule has 1 fully saturated rings. The monoisotopic (exact) mass is 518 g/mol. The van der Waals surface area contributed by atoms with Crippen molar-refractivity contribution in [3.8, 4) is 0 Å². The SMILES string of the molecule is CO[C@@]1(NC(=O)CSC(F)F)C(=O)N2C(C(=O)[O-])=C(CSc3nnnn3CCO)CO[C@@H]21.[Na+]. The zero-order chi connectivity index (χ0) is 23.5. The van der Waals surface area contributed by atoms with Gasteiger partial charge in [0, 0.05) is 12.9 Å². The number of nitrogens with zero attached hydrogens (tertiary/aromatic N) is 5. The molecule has 2 amide bonds. The first-order valence-corrected chi connectivity index (χ1v) is 10.9. The van der Waals surface area contributed by atoms with Crippen molar-refractivity contribution in [3.05, 3.63) is 11.3 Å². The van der Waals surface area contributed by atoms with Gasteiger partial charge in [-0.15, -0.1) is 5.10 Å². The molecule has 1 aromatic rings. The zero-order valence-corrected chi connectivity index (χ0v) is 21.0.